The number of nitrogens with zero attached hydrogens (tertiary/aromatic N) is 6. The number of carbonyl (C=O) groups excluding carboxylic acids is 2. The lowest BCUT2D eigenvalue weighted by Gasteiger charge is -2.21. The molecule has 12 nitrogen and oxygen atoms in total. The van der Waals surface area contributed by atoms with Crippen molar-refractivity contribution in [2.45, 2.75) is 25.4 Å². The van der Waals surface area contributed by atoms with Crippen molar-refractivity contribution in [2.75, 3.05) is 31.5 Å². The number of amides is 1. The van der Waals surface area contributed by atoms with Crippen LogP contribution < -0.4 is 20.3 Å². The molecule has 0 radical (unpaired) electrons. The second-order valence-electron chi connectivity index (χ2n) is 8.90. The molecule has 1 aromatic carbocycles. The lowest BCUT2D eigenvalue weighted by molar-refractivity contribution is 0.0588. The lowest BCUT2D eigenvalue weighted by Crippen LogP contribution is -2.27. The Morgan fingerprint density at radius 2 is 1.81 bits per heavy atom. The van der Waals surface area contributed by atoms with Crippen molar-refractivity contribution in [3.63, 3.8) is 0 Å². The largest absolute Gasteiger partial charge is 0.497 e. The molecule has 1 amide bonds. The Kier molecular flexibility index (Phi) is 6.38. The van der Waals surface area contributed by atoms with Gasteiger partial charge in [-0.15, -0.1) is 5.10 Å². The molecule has 0 atom stereocenters. The minimum atomic E-state index is -0.500. The zero-order chi connectivity index (χ0) is 26.1. The van der Waals surface area contributed by atoms with Gasteiger partial charge in [-0.1, -0.05) is 12.1 Å². The first-order chi connectivity index (χ1) is 17.9. The van der Waals surface area contributed by atoms with E-state index in [4.69, 9.17) is 9.47 Å². The molecule has 2 N–H and O–H groups in total. The summed E-state index contributed by atoms with van der Waals surface area (Å²) in [6.07, 6.45) is 3.48. The number of benzene rings is 1. The first-order valence-electron chi connectivity index (χ1n) is 11.8. The van der Waals surface area contributed by atoms with Gasteiger partial charge in [-0.25, -0.2) is 14.3 Å². The number of aromatic nitrogens is 5. The van der Waals surface area contributed by atoms with Crippen molar-refractivity contribution in [3.05, 3.63) is 59.5 Å². The van der Waals surface area contributed by atoms with Crippen molar-refractivity contribution in [3.8, 4) is 5.75 Å². The van der Waals surface area contributed by atoms with Crippen molar-refractivity contribution in [1.29, 1.82) is 0 Å². The number of anilines is 3. The summed E-state index contributed by atoms with van der Waals surface area (Å²) in [7, 11) is 6.54. The molecule has 1 fully saturated rings. The van der Waals surface area contributed by atoms with Crippen LogP contribution in [0.25, 0.3) is 5.65 Å². The van der Waals surface area contributed by atoms with Gasteiger partial charge in [0.1, 0.15) is 11.4 Å². The molecule has 192 valence electrons. The summed E-state index contributed by atoms with van der Waals surface area (Å²) < 4.78 is 13.0. The Morgan fingerprint density at radius 3 is 2.49 bits per heavy atom. The molecule has 3 heterocycles. The molecule has 4 aromatic rings. The predicted molar refractivity (Wildman–Crippen MR) is 136 cm³/mol. The molecule has 0 bridgehead atoms. The average Bonchev–Trinajstić information content (AvgIpc) is 3.48. The maximum Gasteiger partial charge on any atom is 0.356 e. The molecule has 5 rings (SSSR count). The van der Waals surface area contributed by atoms with Gasteiger partial charge < -0.3 is 25.0 Å². The van der Waals surface area contributed by atoms with E-state index < -0.39 is 5.97 Å². The minimum absolute atomic E-state index is 0.196. The molecule has 0 unspecified atom stereocenters. The minimum Gasteiger partial charge on any atom is -0.497 e. The zero-order valence-electron chi connectivity index (χ0n) is 21.1. The molecule has 37 heavy (non-hydrogen) atoms. The third-order valence-electron chi connectivity index (χ3n) is 6.11. The van der Waals surface area contributed by atoms with E-state index in [0.717, 1.165) is 29.8 Å². The highest BCUT2D eigenvalue weighted by Crippen LogP contribution is 2.27. The number of carbonyl (C=O) groups is 2. The number of aryl methyl sites for hydroxylation is 1. The standard InChI is InChI=1S/C25H28N8O4/c1-31(14-15-5-9-17(36-3)10-6-15)18-11-22(28-21-12-19(25(35)37-4)32(2)29-21)30-33-20(13-26-23(18)33)24(34)27-16-7-8-16/h5-6,9-13,16H,7-8,14H2,1-4H3,(H,27,34)(H,28,29,30). The number of hydrogen-bond acceptors (Lipinski definition) is 9. The van der Waals surface area contributed by atoms with Crippen LogP contribution >= 0.6 is 0 Å². The van der Waals surface area contributed by atoms with E-state index in [9.17, 15) is 9.59 Å². The highest BCUT2D eigenvalue weighted by atomic mass is 16.5. The molecular weight excluding hydrogens is 476 g/mol. The van der Waals surface area contributed by atoms with Crippen molar-refractivity contribution in [2.24, 2.45) is 7.05 Å². The van der Waals surface area contributed by atoms with Crippen LogP contribution in [0.5, 0.6) is 5.75 Å². The molecule has 3 aromatic heterocycles. The van der Waals surface area contributed by atoms with Gasteiger partial charge in [-0.05, 0) is 30.5 Å². The van der Waals surface area contributed by atoms with Gasteiger partial charge in [0.25, 0.3) is 5.91 Å². The highest BCUT2D eigenvalue weighted by Gasteiger charge is 2.26. The number of ether oxygens (including phenoxy) is 2. The van der Waals surface area contributed by atoms with Gasteiger partial charge in [0.2, 0.25) is 0 Å². The van der Waals surface area contributed by atoms with E-state index in [-0.39, 0.29) is 17.6 Å². The average molecular weight is 505 g/mol. The normalized spacial score (nSPS) is 12.9. The van der Waals surface area contributed by atoms with E-state index in [0.29, 0.717) is 29.5 Å². The van der Waals surface area contributed by atoms with Crippen molar-refractivity contribution >= 4 is 34.8 Å². The van der Waals surface area contributed by atoms with E-state index in [1.807, 2.05) is 42.3 Å². The topological polar surface area (TPSA) is 128 Å². The van der Waals surface area contributed by atoms with Gasteiger partial charge in [0.05, 0.1) is 26.1 Å². The van der Waals surface area contributed by atoms with Crippen LogP contribution in [0.2, 0.25) is 0 Å². The van der Waals surface area contributed by atoms with Gasteiger partial charge >= 0.3 is 5.97 Å². The number of nitrogens with one attached hydrogen (secondary N) is 2. The van der Waals surface area contributed by atoms with Crippen molar-refractivity contribution < 1.29 is 19.1 Å². The number of rotatable bonds is 9. The first-order valence-corrected chi connectivity index (χ1v) is 11.8. The molecule has 0 saturated heterocycles. The monoisotopic (exact) mass is 504 g/mol. The first kappa shape index (κ1) is 24.1. The summed E-state index contributed by atoms with van der Waals surface area (Å²) in [6, 6.07) is 11.4. The Balaban J connectivity index is 1.51. The summed E-state index contributed by atoms with van der Waals surface area (Å²) >= 11 is 0. The number of imidazole rings is 1. The molecule has 1 aliphatic carbocycles. The second kappa shape index (κ2) is 9.80. The molecule has 0 spiro atoms. The summed E-state index contributed by atoms with van der Waals surface area (Å²) in [5, 5.41) is 15.1. The van der Waals surface area contributed by atoms with Gasteiger partial charge in [-0.3, -0.25) is 9.48 Å². The predicted octanol–water partition coefficient (Wildman–Crippen LogP) is 2.53. The van der Waals surface area contributed by atoms with Crippen LogP contribution in [0, 0.1) is 0 Å². The smallest absolute Gasteiger partial charge is 0.356 e. The molecule has 12 heteroatoms. The fourth-order valence-corrected chi connectivity index (χ4v) is 3.98. The van der Waals surface area contributed by atoms with E-state index in [2.05, 4.69) is 25.8 Å². The molecule has 0 aliphatic heterocycles. The van der Waals surface area contributed by atoms with Crippen LogP contribution in [-0.2, 0) is 18.3 Å². The number of methoxy groups -OCH3 is 2. The third kappa shape index (κ3) is 5.03. The molecular formula is C25H28N8O4. The van der Waals surface area contributed by atoms with Crippen LogP contribution in [0.3, 0.4) is 0 Å². The summed E-state index contributed by atoms with van der Waals surface area (Å²) in [5.74, 6) is 0.888. The van der Waals surface area contributed by atoms with Gasteiger partial charge in [0, 0.05) is 38.8 Å². The maximum absolute atomic E-state index is 12.9. The Morgan fingerprint density at radius 1 is 1.08 bits per heavy atom. The second-order valence-corrected chi connectivity index (χ2v) is 8.90. The summed E-state index contributed by atoms with van der Waals surface area (Å²) in [4.78, 5) is 31.5. The SMILES string of the molecule is COC(=O)c1cc(Nc2cc(N(C)Cc3ccc(OC)cc3)c3ncc(C(=O)NC4CC4)n3n2)nn1C. The number of esters is 1. The summed E-state index contributed by atoms with van der Waals surface area (Å²) in [5.41, 5.74) is 2.98. The Bertz CT molecular complexity index is 1460. The van der Waals surface area contributed by atoms with Crippen molar-refractivity contribution in [1.82, 2.24) is 29.7 Å². The third-order valence-corrected chi connectivity index (χ3v) is 6.11. The molecule has 1 saturated carbocycles. The van der Waals surface area contributed by atoms with Crippen LogP contribution in [0.4, 0.5) is 17.3 Å². The quantitative estimate of drug-likeness (QED) is 0.331. The Hall–Kier alpha value is -4.61. The van der Waals surface area contributed by atoms with Gasteiger partial charge in [0.15, 0.2) is 23.0 Å². The molecule has 1 aliphatic rings. The number of fused-ring (bicyclic) bond motifs is 1. The van der Waals surface area contributed by atoms with E-state index >= 15 is 0 Å². The fraction of sp³-hybridized carbons (Fsp3) is 0.320. The van der Waals surface area contributed by atoms with Crippen LogP contribution in [0.15, 0.2) is 42.6 Å². The number of hydrogen-bond donors (Lipinski definition) is 2. The van der Waals surface area contributed by atoms with Crippen LogP contribution in [-0.4, -0.2) is 63.6 Å². The van der Waals surface area contributed by atoms with Gasteiger partial charge in [-0.2, -0.15) is 5.10 Å². The van der Waals surface area contributed by atoms with Crippen LogP contribution in [0.1, 0.15) is 39.4 Å². The zero-order valence-corrected chi connectivity index (χ0v) is 21.1. The highest BCUT2D eigenvalue weighted by molar-refractivity contribution is 5.94. The maximum atomic E-state index is 12.9. The fourth-order valence-electron chi connectivity index (χ4n) is 3.98. The Labute approximate surface area is 213 Å². The lowest BCUT2D eigenvalue weighted by atomic mass is 10.2. The summed E-state index contributed by atoms with van der Waals surface area (Å²) in [6.45, 7) is 0.579. The van der Waals surface area contributed by atoms with E-state index in [1.54, 1.807) is 20.2 Å². The van der Waals surface area contributed by atoms with E-state index in [1.165, 1.54) is 22.5 Å².